The lowest BCUT2D eigenvalue weighted by Gasteiger charge is -2.35. The maximum absolute atomic E-state index is 14.1. The summed E-state index contributed by atoms with van der Waals surface area (Å²) < 4.78 is 65.8. The largest absolute Gasteiger partial charge is 0.389 e. The van der Waals surface area contributed by atoms with E-state index >= 15 is 0 Å². The van der Waals surface area contributed by atoms with Crippen molar-refractivity contribution in [3.63, 3.8) is 0 Å². The van der Waals surface area contributed by atoms with E-state index in [2.05, 4.69) is 5.32 Å². The van der Waals surface area contributed by atoms with Gasteiger partial charge in [0.05, 0.1) is 0 Å². The molecule has 0 spiro atoms. The first-order valence-corrected chi connectivity index (χ1v) is 7.31. The number of halogens is 6. The molecule has 124 valence electrons. The second-order valence-corrected chi connectivity index (χ2v) is 5.68. The van der Waals surface area contributed by atoms with E-state index in [0.717, 1.165) is 12.1 Å². The zero-order valence-electron chi connectivity index (χ0n) is 11.7. The minimum atomic E-state index is -4.37. The van der Waals surface area contributed by atoms with Gasteiger partial charge in [0.25, 0.3) is 0 Å². The van der Waals surface area contributed by atoms with Gasteiger partial charge in [0.1, 0.15) is 11.6 Å². The Morgan fingerprint density at radius 1 is 1.14 bits per heavy atom. The van der Waals surface area contributed by atoms with E-state index in [9.17, 15) is 22.0 Å². The first-order valence-electron chi connectivity index (χ1n) is 6.94. The van der Waals surface area contributed by atoms with Gasteiger partial charge in [-0.1, -0.05) is 11.6 Å². The van der Waals surface area contributed by atoms with Crippen LogP contribution in [0.15, 0.2) is 12.1 Å². The molecule has 1 atom stereocenters. The molecule has 0 aromatic heterocycles. The Bertz CT molecular complexity index is 491. The lowest BCUT2D eigenvalue weighted by atomic mass is 9.98. The average molecular weight is 343 g/mol. The number of rotatable bonds is 4. The molecule has 8 heteroatoms. The first kappa shape index (κ1) is 17.4. The van der Waals surface area contributed by atoms with Crippen molar-refractivity contribution >= 4 is 11.6 Å². The van der Waals surface area contributed by atoms with Gasteiger partial charge in [0.2, 0.25) is 0 Å². The minimum Gasteiger partial charge on any atom is -0.314 e. The third-order valence-electron chi connectivity index (χ3n) is 3.67. The van der Waals surface area contributed by atoms with Crippen molar-refractivity contribution in [3.05, 3.63) is 34.4 Å². The molecule has 1 N–H and O–H groups in total. The number of benzene rings is 1. The standard InChI is InChI=1S/C14H16ClF5N2/c15-9-7-10(16)13(11(17)8-9)12(1-2-14(18,19)20)22-5-3-21-4-6-22/h7-8,12,21H,1-6H2/t12-/m0/s1. The third kappa shape index (κ3) is 4.54. The number of nitrogens with zero attached hydrogens (tertiary/aromatic N) is 1. The molecule has 2 rings (SSSR count). The molecule has 1 fully saturated rings. The van der Waals surface area contributed by atoms with Crippen molar-refractivity contribution in [2.75, 3.05) is 26.2 Å². The van der Waals surface area contributed by atoms with Crippen LogP contribution in [0.25, 0.3) is 0 Å². The highest BCUT2D eigenvalue weighted by molar-refractivity contribution is 6.30. The highest BCUT2D eigenvalue weighted by Crippen LogP contribution is 2.35. The second kappa shape index (κ2) is 7.10. The topological polar surface area (TPSA) is 15.3 Å². The Morgan fingerprint density at radius 3 is 2.18 bits per heavy atom. The van der Waals surface area contributed by atoms with Crippen molar-refractivity contribution in [1.82, 2.24) is 10.2 Å². The SMILES string of the molecule is Fc1cc(Cl)cc(F)c1[C@H](CCC(F)(F)F)N1CCNCC1. The van der Waals surface area contributed by atoms with E-state index in [1.165, 1.54) is 0 Å². The van der Waals surface area contributed by atoms with Crippen LogP contribution in [0.3, 0.4) is 0 Å². The van der Waals surface area contributed by atoms with Crippen molar-refractivity contribution in [1.29, 1.82) is 0 Å². The van der Waals surface area contributed by atoms with Crippen LogP contribution in [0.5, 0.6) is 0 Å². The first-order chi connectivity index (χ1) is 10.3. The molecule has 1 heterocycles. The van der Waals surface area contributed by atoms with E-state index < -0.39 is 30.3 Å². The molecule has 0 unspecified atom stereocenters. The molecule has 1 aliphatic rings. The third-order valence-corrected chi connectivity index (χ3v) is 3.89. The summed E-state index contributed by atoms with van der Waals surface area (Å²) in [7, 11) is 0. The highest BCUT2D eigenvalue weighted by atomic mass is 35.5. The molecule has 0 saturated carbocycles. The summed E-state index contributed by atoms with van der Waals surface area (Å²) in [5.41, 5.74) is -0.337. The van der Waals surface area contributed by atoms with E-state index in [0.29, 0.717) is 26.2 Å². The average Bonchev–Trinajstić information content (AvgIpc) is 2.41. The predicted molar refractivity (Wildman–Crippen MR) is 73.8 cm³/mol. The fraction of sp³-hybridized carbons (Fsp3) is 0.571. The zero-order valence-corrected chi connectivity index (χ0v) is 12.4. The van der Waals surface area contributed by atoms with Crippen molar-refractivity contribution in [3.8, 4) is 0 Å². The molecule has 0 aliphatic carbocycles. The molecule has 1 aromatic carbocycles. The monoisotopic (exact) mass is 342 g/mol. The molecular formula is C14H16ClF5N2. The van der Waals surface area contributed by atoms with E-state index in [-0.39, 0.29) is 17.0 Å². The lowest BCUT2D eigenvalue weighted by molar-refractivity contribution is -0.138. The summed E-state index contributed by atoms with van der Waals surface area (Å²) >= 11 is 5.58. The van der Waals surface area contributed by atoms with Crippen LogP contribution in [0, 0.1) is 11.6 Å². The molecule has 22 heavy (non-hydrogen) atoms. The van der Waals surface area contributed by atoms with Gasteiger partial charge < -0.3 is 5.32 Å². The van der Waals surface area contributed by atoms with Crippen molar-refractivity contribution in [2.45, 2.75) is 25.1 Å². The summed E-state index contributed by atoms with van der Waals surface area (Å²) in [6.07, 6.45) is -5.85. The molecule has 0 amide bonds. The van der Waals surface area contributed by atoms with Gasteiger partial charge in [0.15, 0.2) is 0 Å². The van der Waals surface area contributed by atoms with E-state index in [1.54, 1.807) is 4.90 Å². The summed E-state index contributed by atoms with van der Waals surface area (Å²) in [4.78, 5) is 1.68. The summed E-state index contributed by atoms with van der Waals surface area (Å²) in [5, 5.41) is 2.94. The summed E-state index contributed by atoms with van der Waals surface area (Å²) in [5.74, 6) is -1.81. The number of hydrogen-bond donors (Lipinski definition) is 1. The van der Waals surface area contributed by atoms with Crippen LogP contribution in [0.1, 0.15) is 24.4 Å². The second-order valence-electron chi connectivity index (χ2n) is 5.24. The van der Waals surface area contributed by atoms with Crippen LogP contribution in [-0.2, 0) is 0 Å². The Hall–Kier alpha value is -0.920. The molecule has 1 aliphatic heterocycles. The van der Waals surface area contributed by atoms with Gasteiger partial charge in [-0.25, -0.2) is 8.78 Å². The Kier molecular flexibility index (Phi) is 5.63. The predicted octanol–water partition coefficient (Wildman–Crippen LogP) is 3.91. The molecule has 0 radical (unpaired) electrons. The van der Waals surface area contributed by atoms with E-state index in [1.807, 2.05) is 0 Å². The van der Waals surface area contributed by atoms with Crippen LogP contribution < -0.4 is 5.32 Å². The lowest BCUT2D eigenvalue weighted by Crippen LogP contribution is -2.45. The van der Waals surface area contributed by atoms with Crippen LogP contribution in [0.2, 0.25) is 5.02 Å². The molecule has 1 aromatic rings. The Morgan fingerprint density at radius 2 is 1.68 bits per heavy atom. The van der Waals surface area contributed by atoms with Gasteiger partial charge >= 0.3 is 6.18 Å². The van der Waals surface area contributed by atoms with Gasteiger partial charge in [-0.15, -0.1) is 0 Å². The van der Waals surface area contributed by atoms with Crippen LogP contribution in [0.4, 0.5) is 22.0 Å². The van der Waals surface area contributed by atoms with Gasteiger partial charge in [-0.2, -0.15) is 13.2 Å². The molecular weight excluding hydrogens is 327 g/mol. The van der Waals surface area contributed by atoms with Gasteiger partial charge in [-0.05, 0) is 18.6 Å². The normalized spacial score (nSPS) is 18.5. The smallest absolute Gasteiger partial charge is 0.314 e. The molecule has 1 saturated heterocycles. The summed E-state index contributed by atoms with van der Waals surface area (Å²) in [6.45, 7) is 2.01. The van der Waals surface area contributed by atoms with Crippen LogP contribution in [-0.4, -0.2) is 37.3 Å². The van der Waals surface area contributed by atoms with Gasteiger partial charge in [0, 0.05) is 49.2 Å². The highest BCUT2D eigenvalue weighted by Gasteiger charge is 2.33. The quantitative estimate of drug-likeness (QED) is 0.835. The van der Waals surface area contributed by atoms with Crippen molar-refractivity contribution < 1.29 is 22.0 Å². The minimum absolute atomic E-state index is 0.117. The fourth-order valence-electron chi connectivity index (χ4n) is 2.68. The van der Waals surface area contributed by atoms with Gasteiger partial charge in [-0.3, -0.25) is 4.90 Å². The number of piperazine rings is 1. The molecule has 2 nitrogen and oxygen atoms in total. The Labute approximate surface area is 130 Å². The number of alkyl halides is 3. The van der Waals surface area contributed by atoms with E-state index in [4.69, 9.17) is 11.6 Å². The van der Waals surface area contributed by atoms with Crippen LogP contribution >= 0.6 is 11.6 Å². The number of hydrogen-bond acceptors (Lipinski definition) is 2. The maximum atomic E-state index is 14.1. The fourth-order valence-corrected chi connectivity index (χ4v) is 2.87. The Balaban J connectivity index is 2.30. The summed E-state index contributed by atoms with van der Waals surface area (Å²) in [6, 6.07) is 0.909. The number of nitrogens with one attached hydrogen (secondary N) is 1. The van der Waals surface area contributed by atoms with Crippen molar-refractivity contribution in [2.24, 2.45) is 0 Å². The maximum Gasteiger partial charge on any atom is 0.389 e. The molecule has 0 bridgehead atoms. The zero-order chi connectivity index (χ0) is 16.3.